The number of hydrogen-bond donors (Lipinski definition) is 2. The highest BCUT2D eigenvalue weighted by molar-refractivity contribution is 6.43. The van der Waals surface area contributed by atoms with E-state index in [9.17, 15) is 4.79 Å². The Morgan fingerprint density at radius 2 is 2.21 bits per heavy atom. The maximum atomic E-state index is 11.9. The van der Waals surface area contributed by atoms with Crippen LogP contribution in [0.25, 0.3) is 0 Å². The predicted octanol–water partition coefficient (Wildman–Crippen LogP) is 1.72. The molecule has 2 rings (SSSR count). The van der Waals surface area contributed by atoms with Crippen LogP contribution < -0.4 is 11.1 Å². The van der Waals surface area contributed by atoms with Gasteiger partial charge in [0.15, 0.2) is 0 Å². The van der Waals surface area contributed by atoms with E-state index in [4.69, 9.17) is 38.4 Å². The Hall–Kier alpha value is -1.01. The highest BCUT2D eigenvalue weighted by Gasteiger charge is 2.16. The smallest absolute Gasteiger partial charge is 0.251 e. The monoisotopic (exact) mass is 304 g/mol. The first-order valence-corrected chi connectivity index (χ1v) is 6.55. The molecular weight excluding hydrogens is 291 g/mol. The molecule has 1 aliphatic heterocycles. The zero-order valence-electron chi connectivity index (χ0n) is 10.1. The van der Waals surface area contributed by atoms with E-state index in [1.807, 2.05) is 0 Å². The van der Waals surface area contributed by atoms with Crippen LogP contribution in [0, 0.1) is 0 Å². The Labute approximate surface area is 121 Å². The molecule has 1 amide bonds. The van der Waals surface area contributed by atoms with Gasteiger partial charge < -0.3 is 20.5 Å². The van der Waals surface area contributed by atoms with Crippen LogP contribution in [-0.4, -0.2) is 38.4 Å². The van der Waals surface area contributed by atoms with Gasteiger partial charge in [-0.1, -0.05) is 23.2 Å². The number of nitrogens with one attached hydrogen (secondary N) is 1. The fraction of sp³-hybridized carbons (Fsp3) is 0.417. The number of anilines is 1. The van der Waals surface area contributed by atoms with Crippen LogP contribution in [-0.2, 0) is 9.47 Å². The molecule has 3 N–H and O–H groups in total. The number of nitrogen functional groups attached to an aromatic ring is 1. The number of carbonyl (C=O) groups is 1. The summed E-state index contributed by atoms with van der Waals surface area (Å²) in [7, 11) is 0. The SMILES string of the molecule is Nc1cc(C(=O)NCC2COCCO2)cc(Cl)c1Cl. The van der Waals surface area contributed by atoms with Crippen molar-refractivity contribution in [3.8, 4) is 0 Å². The first-order valence-electron chi connectivity index (χ1n) is 5.80. The Morgan fingerprint density at radius 3 is 2.84 bits per heavy atom. The van der Waals surface area contributed by atoms with Crippen molar-refractivity contribution in [1.29, 1.82) is 0 Å². The lowest BCUT2D eigenvalue weighted by atomic mass is 10.2. The summed E-state index contributed by atoms with van der Waals surface area (Å²) in [6, 6.07) is 2.97. The predicted molar refractivity (Wildman–Crippen MR) is 73.8 cm³/mol. The van der Waals surface area contributed by atoms with Crippen LogP contribution in [0.4, 0.5) is 5.69 Å². The Kier molecular flexibility index (Phi) is 4.87. The van der Waals surface area contributed by atoms with Gasteiger partial charge in [-0.05, 0) is 12.1 Å². The molecule has 1 aromatic rings. The van der Waals surface area contributed by atoms with Crippen molar-refractivity contribution in [2.75, 3.05) is 32.1 Å². The van der Waals surface area contributed by atoms with Gasteiger partial charge in [0, 0.05) is 12.1 Å². The Balaban J connectivity index is 1.96. The van der Waals surface area contributed by atoms with Crippen LogP contribution in [0.1, 0.15) is 10.4 Å². The normalized spacial score (nSPS) is 19.2. The van der Waals surface area contributed by atoms with E-state index >= 15 is 0 Å². The summed E-state index contributed by atoms with van der Waals surface area (Å²) in [5.41, 5.74) is 6.30. The summed E-state index contributed by atoms with van der Waals surface area (Å²) in [5, 5.41) is 3.25. The van der Waals surface area contributed by atoms with Crippen LogP contribution in [0.5, 0.6) is 0 Å². The van der Waals surface area contributed by atoms with Crippen molar-refractivity contribution in [3.63, 3.8) is 0 Å². The topological polar surface area (TPSA) is 73.6 Å². The second kappa shape index (κ2) is 6.43. The minimum absolute atomic E-state index is 0.127. The molecule has 1 saturated heterocycles. The lowest BCUT2D eigenvalue weighted by Crippen LogP contribution is -2.39. The van der Waals surface area contributed by atoms with Crippen molar-refractivity contribution < 1.29 is 14.3 Å². The molecule has 0 aromatic heterocycles. The van der Waals surface area contributed by atoms with Crippen molar-refractivity contribution in [3.05, 3.63) is 27.7 Å². The number of ether oxygens (including phenoxy) is 2. The van der Waals surface area contributed by atoms with Gasteiger partial charge in [-0.15, -0.1) is 0 Å². The van der Waals surface area contributed by atoms with Crippen molar-refractivity contribution in [1.82, 2.24) is 5.32 Å². The number of benzene rings is 1. The molecule has 0 radical (unpaired) electrons. The van der Waals surface area contributed by atoms with Crippen LogP contribution in [0.2, 0.25) is 10.0 Å². The molecule has 104 valence electrons. The Bertz CT molecular complexity index is 453. The second-order valence-electron chi connectivity index (χ2n) is 4.14. The average Bonchev–Trinajstić information content (AvgIpc) is 2.42. The largest absolute Gasteiger partial charge is 0.397 e. The first kappa shape index (κ1) is 14.4. The first-order chi connectivity index (χ1) is 9.08. The van der Waals surface area contributed by atoms with Crippen molar-refractivity contribution in [2.45, 2.75) is 6.10 Å². The summed E-state index contributed by atoms with van der Waals surface area (Å²) in [5.74, 6) is -0.278. The molecule has 0 aliphatic carbocycles. The quantitative estimate of drug-likeness (QED) is 0.834. The van der Waals surface area contributed by atoms with E-state index in [-0.39, 0.29) is 27.7 Å². The third-order valence-corrected chi connectivity index (χ3v) is 3.51. The van der Waals surface area contributed by atoms with Gasteiger partial charge in [-0.3, -0.25) is 4.79 Å². The van der Waals surface area contributed by atoms with E-state index in [1.165, 1.54) is 12.1 Å². The van der Waals surface area contributed by atoms with E-state index in [2.05, 4.69) is 5.32 Å². The average molecular weight is 305 g/mol. The number of nitrogens with two attached hydrogens (primary N) is 1. The van der Waals surface area contributed by atoms with E-state index in [0.717, 1.165) is 0 Å². The van der Waals surface area contributed by atoms with Gasteiger partial charge in [0.1, 0.15) is 0 Å². The van der Waals surface area contributed by atoms with E-state index < -0.39 is 0 Å². The minimum Gasteiger partial charge on any atom is -0.397 e. The van der Waals surface area contributed by atoms with Gasteiger partial charge >= 0.3 is 0 Å². The highest BCUT2D eigenvalue weighted by atomic mass is 35.5. The summed E-state index contributed by atoms with van der Waals surface area (Å²) in [6.07, 6.45) is -0.127. The molecule has 1 atom stereocenters. The zero-order valence-corrected chi connectivity index (χ0v) is 11.6. The summed E-state index contributed by atoms with van der Waals surface area (Å²) in [4.78, 5) is 11.9. The molecule has 5 nitrogen and oxygen atoms in total. The van der Waals surface area contributed by atoms with Crippen LogP contribution in [0.3, 0.4) is 0 Å². The summed E-state index contributed by atoms with van der Waals surface area (Å²) < 4.78 is 10.7. The second-order valence-corrected chi connectivity index (χ2v) is 4.92. The van der Waals surface area contributed by atoms with Crippen LogP contribution in [0.15, 0.2) is 12.1 Å². The molecule has 1 heterocycles. The number of carbonyl (C=O) groups excluding carboxylic acids is 1. The third kappa shape index (κ3) is 3.73. The number of halogens is 2. The van der Waals surface area contributed by atoms with Crippen molar-refractivity contribution >= 4 is 34.8 Å². The number of hydrogen-bond acceptors (Lipinski definition) is 4. The maximum Gasteiger partial charge on any atom is 0.251 e. The molecule has 0 saturated carbocycles. The highest BCUT2D eigenvalue weighted by Crippen LogP contribution is 2.29. The maximum absolute atomic E-state index is 11.9. The molecule has 7 heteroatoms. The molecule has 1 aromatic carbocycles. The van der Waals surface area contributed by atoms with Crippen LogP contribution >= 0.6 is 23.2 Å². The molecule has 0 bridgehead atoms. The van der Waals surface area contributed by atoms with Gasteiger partial charge in [0.05, 0.1) is 41.7 Å². The number of amides is 1. The fourth-order valence-corrected chi connectivity index (χ4v) is 2.04. The van der Waals surface area contributed by atoms with Gasteiger partial charge in [-0.2, -0.15) is 0 Å². The van der Waals surface area contributed by atoms with Gasteiger partial charge in [-0.25, -0.2) is 0 Å². The molecule has 19 heavy (non-hydrogen) atoms. The third-order valence-electron chi connectivity index (χ3n) is 2.69. The fourth-order valence-electron chi connectivity index (χ4n) is 1.70. The Morgan fingerprint density at radius 1 is 1.42 bits per heavy atom. The standard InChI is InChI=1S/C12H14Cl2N2O3/c13-9-3-7(4-10(15)11(9)14)12(17)16-5-8-6-18-1-2-19-8/h3-4,8H,1-2,5-6,15H2,(H,16,17). The number of rotatable bonds is 3. The molecule has 1 unspecified atom stereocenters. The summed E-state index contributed by atoms with van der Waals surface area (Å²) >= 11 is 11.7. The molecular formula is C12H14Cl2N2O3. The zero-order chi connectivity index (χ0) is 13.8. The van der Waals surface area contributed by atoms with Gasteiger partial charge in [0.25, 0.3) is 5.91 Å². The van der Waals surface area contributed by atoms with Crippen molar-refractivity contribution in [2.24, 2.45) is 0 Å². The van der Waals surface area contributed by atoms with E-state index in [1.54, 1.807) is 0 Å². The van der Waals surface area contributed by atoms with E-state index in [0.29, 0.717) is 31.9 Å². The molecule has 1 fully saturated rings. The molecule has 0 spiro atoms. The lowest BCUT2D eigenvalue weighted by molar-refractivity contribution is -0.0855. The summed E-state index contributed by atoms with van der Waals surface area (Å²) in [6.45, 7) is 1.98. The van der Waals surface area contributed by atoms with Gasteiger partial charge in [0.2, 0.25) is 0 Å². The molecule has 1 aliphatic rings. The minimum atomic E-state index is -0.278. The lowest BCUT2D eigenvalue weighted by Gasteiger charge is -2.23.